The fraction of sp³-hybridized carbons (Fsp3) is 0.409. The predicted molar refractivity (Wildman–Crippen MR) is 107 cm³/mol. The van der Waals surface area contributed by atoms with E-state index in [1.165, 1.54) is 6.92 Å². The number of benzene rings is 2. The third-order valence-electron chi connectivity index (χ3n) is 4.85. The zero-order chi connectivity index (χ0) is 20.3. The average molecular weight is 385 g/mol. The van der Waals surface area contributed by atoms with Crippen LogP contribution in [0.3, 0.4) is 0 Å². The normalized spacial score (nSPS) is 19.9. The maximum absolute atomic E-state index is 11.6. The molecule has 0 spiro atoms. The van der Waals surface area contributed by atoms with Gasteiger partial charge >= 0.3 is 5.97 Å². The number of hydrogen-bond acceptors (Lipinski definition) is 6. The molecule has 0 saturated carbocycles. The van der Waals surface area contributed by atoms with Crippen LogP contribution in [0.5, 0.6) is 11.5 Å². The minimum absolute atomic E-state index is 0.360. The lowest BCUT2D eigenvalue weighted by Crippen LogP contribution is -2.51. The Balaban J connectivity index is 1.81. The second-order valence-electron chi connectivity index (χ2n) is 7.35. The van der Waals surface area contributed by atoms with E-state index >= 15 is 0 Å². The maximum atomic E-state index is 11.6. The molecule has 0 aromatic heterocycles. The van der Waals surface area contributed by atoms with Crippen LogP contribution in [-0.4, -0.2) is 31.9 Å². The number of carbonyl (C=O) groups is 1. The van der Waals surface area contributed by atoms with E-state index in [4.69, 9.17) is 18.9 Å². The zero-order valence-corrected chi connectivity index (χ0v) is 16.9. The largest absolute Gasteiger partial charge is 0.497 e. The van der Waals surface area contributed by atoms with Crippen molar-refractivity contribution in [2.24, 2.45) is 0 Å². The third kappa shape index (κ3) is 4.22. The smallest absolute Gasteiger partial charge is 0.303 e. The highest BCUT2D eigenvalue weighted by Crippen LogP contribution is 2.44. The van der Waals surface area contributed by atoms with Crippen LogP contribution >= 0.6 is 0 Å². The molecule has 150 valence electrons. The lowest BCUT2D eigenvalue weighted by Gasteiger charge is -2.43. The number of rotatable bonds is 6. The van der Waals surface area contributed by atoms with Crippen molar-refractivity contribution < 1.29 is 23.7 Å². The minimum atomic E-state index is -0.697. The number of nitrogens with one attached hydrogen (secondary N) is 1. The molecular weight excluding hydrogens is 358 g/mol. The Kier molecular flexibility index (Phi) is 5.79. The highest BCUT2D eigenvalue weighted by Gasteiger charge is 2.46. The van der Waals surface area contributed by atoms with E-state index in [0.29, 0.717) is 6.54 Å². The summed E-state index contributed by atoms with van der Waals surface area (Å²) in [6.45, 7) is 5.85. The standard InChI is InChI=1S/C22H27NO5/c1-14(24)27-21-20(26-5)18-12-16(8-11-19(18)28-22(21,2)3)23-13-15-6-9-17(25-4)10-7-15/h6-12,20-21,23H,13H2,1-5H3. The summed E-state index contributed by atoms with van der Waals surface area (Å²) in [5.41, 5.74) is 2.23. The zero-order valence-electron chi connectivity index (χ0n) is 16.9. The summed E-state index contributed by atoms with van der Waals surface area (Å²) in [7, 11) is 3.27. The SMILES string of the molecule is COc1ccc(CNc2ccc3c(c2)C(OC)C(OC(C)=O)C(C)(C)O3)cc1. The summed E-state index contributed by atoms with van der Waals surface area (Å²) in [6.07, 6.45) is -0.954. The number of esters is 1. The van der Waals surface area contributed by atoms with Crippen molar-refractivity contribution in [1.82, 2.24) is 0 Å². The molecule has 1 heterocycles. The molecule has 1 N–H and O–H groups in total. The summed E-state index contributed by atoms with van der Waals surface area (Å²) in [4.78, 5) is 11.6. The van der Waals surface area contributed by atoms with Gasteiger partial charge in [0.2, 0.25) is 0 Å². The molecule has 0 amide bonds. The molecule has 2 aromatic carbocycles. The van der Waals surface area contributed by atoms with Crippen molar-refractivity contribution in [3.8, 4) is 11.5 Å². The molecule has 0 saturated heterocycles. The van der Waals surface area contributed by atoms with Crippen LogP contribution in [0, 0.1) is 0 Å². The molecule has 0 bridgehead atoms. The quantitative estimate of drug-likeness (QED) is 0.756. The Hall–Kier alpha value is -2.73. The van der Waals surface area contributed by atoms with Crippen LogP contribution in [0.4, 0.5) is 5.69 Å². The van der Waals surface area contributed by atoms with Crippen LogP contribution < -0.4 is 14.8 Å². The first kappa shape index (κ1) is 20.0. The first-order valence-electron chi connectivity index (χ1n) is 9.24. The van der Waals surface area contributed by atoms with Gasteiger partial charge in [0.15, 0.2) is 6.10 Å². The third-order valence-corrected chi connectivity index (χ3v) is 4.85. The van der Waals surface area contributed by atoms with Gasteiger partial charge in [-0.05, 0) is 49.7 Å². The maximum Gasteiger partial charge on any atom is 0.303 e. The molecular formula is C22H27NO5. The second-order valence-corrected chi connectivity index (χ2v) is 7.35. The Bertz CT molecular complexity index is 831. The average Bonchev–Trinajstić information content (AvgIpc) is 2.67. The monoisotopic (exact) mass is 385 g/mol. The van der Waals surface area contributed by atoms with Gasteiger partial charge in [-0.2, -0.15) is 0 Å². The Morgan fingerprint density at radius 2 is 1.86 bits per heavy atom. The molecule has 2 atom stereocenters. The second kappa shape index (κ2) is 8.10. The molecule has 28 heavy (non-hydrogen) atoms. The molecule has 2 unspecified atom stereocenters. The molecule has 3 rings (SSSR count). The summed E-state index contributed by atoms with van der Waals surface area (Å²) in [5.74, 6) is 1.20. The van der Waals surface area contributed by atoms with Crippen molar-refractivity contribution in [3.05, 3.63) is 53.6 Å². The molecule has 1 aliphatic rings. The molecule has 6 nitrogen and oxygen atoms in total. The molecule has 0 fully saturated rings. The summed E-state index contributed by atoms with van der Waals surface area (Å²) >= 11 is 0. The fourth-order valence-electron chi connectivity index (χ4n) is 3.42. The Labute approximate surface area is 165 Å². The number of methoxy groups -OCH3 is 2. The van der Waals surface area contributed by atoms with E-state index in [1.54, 1.807) is 14.2 Å². The van der Waals surface area contributed by atoms with Gasteiger partial charge < -0.3 is 24.3 Å². The van der Waals surface area contributed by atoms with Crippen molar-refractivity contribution in [2.75, 3.05) is 19.5 Å². The van der Waals surface area contributed by atoms with E-state index < -0.39 is 17.8 Å². The van der Waals surface area contributed by atoms with E-state index in [9.17, 15) is 4.79 Å². The van der Waals surface area contributed by atoms with E-state index in [2.05, 4.69) is 5.32 Å². The summed E-state index contributed by atoms with van der Waals surface area (Å²) in [5, 5.41) is 3.41. The van der Waals surface area contributed by atoms with E-state index in [1.807, 2.05) is 56.3 Å². The van der Waals surface area contributed by atoms with Crippen molar-refractivity contribution in [2.45, 2.75) is 45.1 Å². The van der Waals surface area contributed by atoms with E-state index in [-0.39, 0.29) is 5.97 Å². The van der Waals surface area contributed by atoms with Gasteiger partial charge in [-0.15, -0.1) is 0 Å². The fourth-order valence-corrected chi connectivity index (χ4v) is 3.42. The predicted octanol–water partition coefficient (Wildman–Crippen LogP) is 4.10. The Morgan fingerprint density at radius 3 is 2.46 bits per heavy atom. The summed E-state index contributed by atoms with van der Waals surface area (Å²) in [6, 6.07) is 13.8. The Morgan fingerprint density at radius 1 is 1.14 bits per heavy atom. The number of fused-ring (bicyclic) bond motifs is 1. The molecule has 2 aromatic rings. The first-order chi connectivity index (χ1) is 13.3. The number of ether oxygens (including phenoxy) is 4. The van der Waals surface area contributed by atoms with Crippen LogP contribution in [0.15, 0.2) is 42.5 Å². The highest BCUT2D eigenvalue weighted by atomic mass is 16.6. The first-order valence-corrected chi connectivity index (χ1v) is 9.24. The minimum Gasteiger partial charge on any atom is -0.497 e. The van der Waals surface area contributed by atoms with Gasteiger partial charge in [-0.3, -0.25) is 4.79 Å². The van der Waals surface area contributed by atoms with Gasteiger partial charge in [0.1, 0.15) is 23.2 Å². The molecule has 0 radical (unpaired) electrons. The van der Waals surface area contributed by atoms with Crippen molar-refractivity contribution >= 4 is 11.7 Å². The molecule has 0 aliphatic carbocycles. The topological polar surface area (TPSA) is 66.0 Å². The molecule has 1 aliphatic heterocycles. The van der Waals surface area contributed by atoms with Crippen molar-refractivity contribution in [1.29, 1.82) is 0 Å². The van der Waals surface area contributed by atoms with Gasteiger partial charge in [0, 0.05) is 31.8 Å². The molecule has 6 heteroatoms. The van der Waals surface area contributed by atoms with Gasteiger partial charge in [-0.1, -0.05) is 12.1 Å². The van der Waals surface area contributed by atoms with Crippen LogP contribution in [0.1, 0.15) is 38.0 Å². The number of hydrogen-bond donors (Lipinski definition) is 1. The van der Waals surface area contributed by atoms with Gasteiger partial charge in [-0.25, -0.2) is 0 Å². The number of anilines is 1. The number of carbonyl (C=O) groups excluding carboxylic acids is 1. The van der Waals surface area contributed by atoms with Crippen LogP contribution in [-0.2, 0) is 20.8 Å². The lowest BCUT2D eigenvalue weighted by atomic mass is 9.88. The van der Waals surface area contributed by atoms with Gasteiger partial charge in [0.05, 0.1) is 7.11 Å². The van der Waals surface area contributed by atoms with Gasteiger partial charge in [0.25, 0.3) is 0 Å². The van der Waals surface area contributed by atoms with Crippen molar-refractivity contribution in [3.63, 3.8) is 0 Å². The van der Waals surface area contributed by atoms with E-state index in [0.717, 1.165) is 28.3 Å². The lowest BCUT2D eigenvalue weighted by molar-refractivity contribution is -0.178. The highest BCUT2D eigenvalue weighted by molar-refractivity contribution is 5.66. The van der Waals surface area contributed by atoms with Crippen LogP contribution in [0.25, 0.3) is 0 Å². The van der Waals surface area contributed by atoms with Crippen LogP contribution in [0.2, 0.25) is 0 Å². The summed E-state index contributed by atoms with van der Waals surface area (Å²) < 4.78 is 22.5.